The summed E-state index contributed by atoms with van der Waals surface area (Å²) in [6.07, 6.45) is 0.880. The lowest BCUT2D eigenvalue weighted by Crippen LogP contribution is -2.17. The first-order chi connectivity index (χ1) is 8.04. The van der Waals surface area contributed by atoms with Crippen LogP contribution in [-0.2, 0) is 5.41 Å². The highest BCUT2D eigenvalue weighted by atomic mass is 19.1. The van der Waals surface area contributed by atoms with Gasteiger partial charge < -0.3 is 0 Å². The predicted octanol–water partition coefficient (Wildman–Crippen LogP) is 2.94. The molecular weight excluding hydrogens is 219 g/mol. The minimum atomic E-state index is -0.223. The molecule has 0 aliphatic carbocycles. The van der Waals surface area contributed by atoms with Crippen molar-refractivity contribution in [3.05, 3.63) is 29.6 Å². The molecular formula is C12H17FN4. The number of tetrazole rings is 1. The molecule has 0 unspecified atom stereocenters. The average molecular weight is 236 g/mol. The Morgan fingerprint density at radius 2 is 2.18 bits per heavy atom. The third kappa shape index (κ3) is 2.18. The fourth-order valence-corrected chi connectivity index (χ4v) is 1.68. The van der Waals surface area contributed by atoms with E-state index in [2.05, 4.69) is 20.6 Å². The van der Waals surface area contributed by atoms with Gasteiger partial charge in [-0.2, -0.15) is 5.21 Å². The number of hydrogen-bond acceptors (Lipinski definition) is 3. The first-order valence-electron chi connectivity index (χ1n) is 5.58. The Labute approximate surface area is 101 Å². The second kappa shape index (κ2) is 4.24. The van der Waals surface area contributed by atoms with Gasteiger partial charge in [-0.3, -0.25) is 0 Å². The monoisotopic (exact) mass is 236 g/mol. The molecule has 1 aromatic heterocycles. The van der Waals surface area contributed by atoms with E-state index in [1.807, 2.05) is 26.8 Å². The molecule has 0 radical (unpaired) electrons. The van der Waals surface area contributed by atoms with Crippen molar-refractivity contribution in [3.63, 3.8) is 0 Å². The van der Waals surface area contributed by atoms with E-state index in [9.17, 15) is 4.39 Å². The molecule has 5 heteroatoms. The number of rotatable bonds is 3. The molecule has 0 aliphatic rings. The Kier molecular flexibility index (Phi) is 2.92. The largest absolute Gasteiger partial charge is 0.207 e. The van der Waals surface area contributed by atoms with Crippen LogP contribution in [0.3, 0.4) is 0 Å². The zero-order chi connectivity index (χ0) is 12.5. The van der Waals surface area contributed by atoms with E-state index >= 15 is 0 Å². The zero-order valence-electron chi connectivity index (χ0n) is 10.2. The second-order valence-corrected chi connectivity index (χ2v) is 4.67. The van der Waals surface area contributed by atoms with Crippen molar-refractivity contribution in [2.75, 3.05) is 0 Å². The number of benzene rings is 1. The molecule has 0 spiro atoms. The van der Waals surface area contributed by atoms with Crippen LogP contribution in [0.2, 0.25) is 0 Å². The van der Waals surface area contributed by atoms with E-state index < -0.39 is 0 Å². The highest BCUT2D eigenvalue weighted by Gasteiger charge is 2.22. The van der Waals surface area contributed by atoms with Crippen LogP contribution >= 0.6 is 0 Å². The van der Waals surface area contributed by atoms with Gasteiger partial charge in [0, 0.05) is 6.99 Å². The maximum Gasteiger partial charge on any atom is 0.204 e. The van der Waals surface area contributed by atoms with Crippen LogP contribution in [0.1, 0.15) is 34.2 Å². The molecule has 0 aliphatic heterocycles. The van der Waals surface area contributed by atoms with Gasteiger partial charge in [-0.05, 0) is 28.7 Å². The standard InChI is InChI=1S/C12H15FN4.H2/c1-4-12(2,3)9-6-5-8(7-10(9)13)11-14-16-17-15-11;/h5-7H,4H2,1-3H3,(H,14,15,16,17);1H. The molecule has 0 saturated carbocycles. The van der Waals surface area contributed by atoms with E-state index in [1.54, 1.807) is 6.07 Å². The van der Waals surface area contributed by atoms with E-state index in [-0.39, 0.29) is 12.7 Å². The third-order valence-corrected chi connectivity index (χ3v) is 3.19. The van der Waals surface area contributed by atoms with E-state index in [1.165, 1.54) is 6.07 Å². The normalized spacial score (nSPS) is 11.8. The first kappa shape index (κ1) is 11.7. The Morgan fingerprint density at radius 1 is 1.41 bits per heavy atom. The molecule has 0 saturated heterocycles. The molecule has 2 aromatic rings. The lowest BCUT2D eigenvalue weighted by Gasteiger charge is -2.23. The number of aromatic nitrogens is 4. The summed E-state index contributed by atoms with van der Waals surface area (Å²) >= 11 is 0. The van der Waals surface area contributed by atoms with Crippen molar-refractivity contribution >= 4 is 0 Å². The van der Waals surface area contributed by atoms with Gasteiger partial charge in [-0.15, -0.1) is 10.2 Å². The molecule has 1 aromatic carbocycles. The summed E-state index contributed by atoms with van der Waals surface area (Å²) < 4.78 is 14.0. The molecule has 0 fully saturated rings. The molecule has 4 nitrogen and oxygen atoms in total. The third-order valence-electron chi connectivity index (χ3n) is 3.19. The lowest BCUT2D eigenvalue weighted by molar-refractivity contribution is 0.469. The molecule has 92 valence electrons. The molecule has 0 bridgehead atoms. The Balaban J connectivity index is 0.00000162. The van der Waals surface area contributed by atoms with Crippen LogP contribution in [0.25, 0.3) is 11.4 Å². The van der Waals surface area contributed by atoms with Gasteiger partial charge in [-0.1, -0.05) is 32.9 Å². The van der Waals surface area contributed by atoms with Crippen molar-refractivity contribution in [1.29, 1.82) is 0 Å². The van der Waals surface area contributed by atoms with Crippen molar-refractivity contribution in [3.8, 4) is 11.4 Å². The topological polar surface area (TPSA) is 54.5 Å². The number of hydrogen-bond donors (Lipinski definition) is 1. The van der Waals surface area contributed by atoms with E-state index in [0.717, 1.165) is 6.42 Å². The minimum absolute atomic E-state index is 0. The Hall–Kier alpha value is -1.78. The molecule has 2 rings (SSSR count). The Bertz CT molecular complexity index is 511. The number of nitrogens with one attached hydrogen (secondary N) is 1. The molecule has 1 heterocycles. The van der Waals surface area contributed by atoms with Crippen molar-refractivity contribution in [2.45, 2.75) is 32.6 Å². The summed E-state index contributed by atoms with van der Waals surface area (Å²) in [5.74, 6) is 0.184. The summed E-state index contributed by atoms with van der Waals surface area (Å²) in [6.45, 7) is 6.10. The van der Waals surface area contributed by atoms with Crippen LogP contribution in [0, 0.1) is 5.82 Å². The number of halogens is 1. The minimum Gasteiger partial charge on any atom is -0.207 e. The van der Waals surface area contributed by atoms with Gasteiger partial charge in [-0.25, -0.2) is 4.39 Å². The van der Waals surface area contributed by atoms with Gasteiger partial charge in [0.05, 0.1) is 0 Å². The van der Waals surface area contributed by atoms with Crippen molar-refractivity contribution in [2.24, 2.45) is 0 Å². The van der Waals surface area contributed by atoms with Crippen LogP contribution in [0.4, 0.5) is 4.39 Å². The summed E-state index contributed by atoms with van der Waals surface area (Å²) in [4.78, 5) is 0. The molecule has 17 heavy (non-hydrogen) atoms. The SMILES string of the molecule is CCC(C)(C)c1ccc(-c2nn[nH]n2)cc1F.[HH]. The van der Waals surface area contributed by atoms with E-state index in [4.69, 9.17) is 0 Å². The van der Waals surface area contributed by atoms with Gasteiger partial charge in [0.1, 0.15) is 5.82 Å². The summed E-state index contributed by atoms with van der Waals surface area (Å²) in [5, 5.41) is 13.5. The molecule has 1 N–H and O–H groups in total. The van der Waals surface area contributed by atoms with Crippen LogP contribution in [0.5, 0.6) is 0 Å². The highest BCUT2D eigenvalue weighted by Crippen LogP contribution is 2.30. The summed E-state index contributed by atoms with van der Waals surface area (Å²) in [7, 11) is 0. The van der Waals surface area contributed by atoms with Crippen LogP contribution in [0.15, 0.2) is 18.2 Å². The quantitative estimate of drug-likeness (QED) is 0.891. The zero-order valence-corrected chi connectivity index (χ0v) is 10.2. The smallest absolute Gasteiger partial charge is 0.204 e. The average Bonchev–Trinajstić information content (AvgIpc) is 2.82. The fraction of sp³-hybridized carbons (Fsp3) is 0.417. The van der Waals surface area contributed by atoms with Gasteiger partial charge in [0.25, 0.3) is 0 Å². The van der Waals surface area contributed by atoms with E-state index in [0.29, 0.717) is 17.0 Å². The maximum absolute atomic E-state index is 14.0. The van der Waals surface area contributed by atoms with Crippen LogP contribution < -0.4 is 0 Å². The van der Waals surface area contributed by atoms with Crippen LogP contribution in [-0.4, -0.2) is 20.6 Å². The number of aromatic amines is 1. The number of nitrogens with zero attached hydrogens (tertiary/aromatic N) is 3. The first-order valence-corrected chi connectivity index (χ1v) is 5.58. The summed E-state index contributed by atoms with van der Waals surface area (Å²) in [6, 6.07) is 5.07. The molecule has 0 atom stereocenters. The van der Waals surface area contributed by atoms with Gasteiger partial charge >= 0.3 is 0 Å². The maximum atomic E-state index is 14.0. The number of H-pyrrole nitrogens is 1. The van der Waals surface area contributed by atoms with Gasteiger partial charge in [0.2, 0.25) is 5.82 Å². The van der Waals surface area contributed by atoms with Gasteiger partial charge in [0.15, 0.2) is 0 Å². The summed E-state index contributed by atoms with van der Waals surface area (Å²) in [5.41, 5.74) is 1.18. The Morgan fingerprint density at radius 3 is 2.71 bits per heavy atom. The predicted molar refractivity (Wildman–Crippen MR) is 65.0 cm³/mol. The van der Waals surface area contributed by atoms with Crippen molar-refractivity contribution in [1.82, 2.24) is 20.6 Å². The molecule has 0 amide bonds. The lowest BCUT2D eigenvalue weighted by atomic mass is 9.81. The van der Waals surface area contributed by atoms with Crippen molar-refractivity contribution < 1.29 is 5.82 Å². The highest BCUT2D eigenvalue weighted by molar-refractivity contribution is 5.55. The second-order valence-electron chi connectivity index (χ2n) is 4.67. The fourth-order valence-electron chi connectivity index (χ4n) is 1.68.